The van der Waals surface area contributed by atoms with E-state index in [-0.39, 0.29) is 5.82 Å². The first-order valence-electron chi connectivity index (χ1n) is 5.72. The zero-order chi connectivity index (χ0) is 11.8. The monoisotopic (exact) mass is 232 g/mol. The summed E-state index contributed by atoms with van der Waals surface area (Å²) in [5, 5.41) is 3.93. The second-order valence-electron chi connectivity index (χ2n) is 4.47. The molecule has 2 N–H and O–H groups in total. The number of nitrogen functional groups attached to an aromatic ring is 1. The largest absolute Gasteiger partial charge is 0.367 e. The highest BCUT2D eigenvalue weighted by atomic mass is 19.1. The van der Waals surface area contributed by atoms with Gasteiger partial charge in [0.1, 0.15) is 5.82 Å². The van der Waals surface area contributed by atoms with Gasteiger partial charge >= 0.3 is 0 Å². The summed E-state index contributed by atoms with van der Waals surface area (Å²) in [6.45, 7) is 0. The van der Waals surface area contributed by atoms with Crippen molar-refractivity contribution in [1.82, 2.24) is 5.16 Å². The summed E-state index contributed by atoms with van der Waals surface area (Å²) < 4.78 is 18.2. The molecule has 1 heterocycles. The maximum atomic E-state index is 13.2. The molecule has 0 saturated carbocycles. The Morgan fingerprint density at radius 1 is 1.41 bits per heavy atom. The SMILES string of the molecule is Nc1onc2c1CC(c1cccc(F)c1)CC2. The van der Waals surface area contributed by atoms with Gasteiger partial charge in [-0.2, -0.15) is 0 Å². The van der Waals surface area contributed by atoms with Crippen molar-refractivity contribution in [3.8, 4) is 0 Å². The van der Waals surface area contributed by atoms with Crippen molar-refractivity contribution in [3.05, 3.63) is 46.9 Å². The zero-order valence-electron chi connectivity index (χ0n) is 9.32. The average Bonchev–Trinajstić information content (AvgIpc) is 2.71. The third-order valence-corrected chi connectivity index (χ3v) is 3.40. The molecule has 1 atom stereocenters. The Hall–Kier alpha value is -1.84. The molecule has 1 aromatic heterocycles. The van der Waals surface area contributed by atoms with Crippen molar-refractivity contribution in [1.29, 1.82) is 0 Å². The van der Waals surface area contributed by atoms with Crippen LogP contribution in [0.2, 0.25) is 0 Å². The topological polar surface area (TPSA) is 52.0 Å². The Morgan fingerprint density at radius 2 is 2.29 bits per heavy atom. The molecule has 0 saturated heterocycles. The molecule has 3 nitrogen and oxygen atoms in total. The summed E-state index contributed by atoms with van der Waals surface area (Å²) >= 11 is 0. The minimum atomic E-state index is -0.188. The van der Waals surface area contributed by atoms with Crippen molar-refractivity contribution >= 4 is 5.88 Å². The third kappa shape index (κ3) is 1.79. The van der Waals surface area contributed by atoms with Crippen molar-refractivity contribution in [2.75, 3.05) is 5.73 Å². The van der Waals surface area contributed by atoms with E-state index in [1.54, 1.807) is 12.1 Å². The first-order chi connectivity index (χ1) is 8.24. The molecule has 0 aliphatic heterocycles. The summed E-state index contributed by atoms with van der Waals surface area (Å²) in [4.78, 5) is 0. The number of aryl methyl sites for hydroxylation is 1. The Morgan fingerprint density at radius 3 is 3.12 bits per heavy atom. The molecule has 0 amide bonds. The predicted molar refractivity (Wildman–Crippen MR) is 62.1 cm³/mol. The minimum absolute atomic E-state index is 0.188. The second kappa shape index (κ2) is 3.87. The van der Waals surface area contributed by atoms with Gasteiger partial charge in [-0.05, 0) is 42.9 Å². The Kier molecular flexibility index (Phi) is 2.35. The van der Waals surface area contributed by atoms with Gasteiger partial charge in [-0.25, -0.2) is 4.39 Å². The van der Waals surface area contributed by atoms with Gasteiger partial charge < -0.3 is 10.3 Å². The van der Waals surface area contributed by atoms with Crippen LogP contribution in [0.1, 0.15) is 29.2 Å². The first kappa shape index (κ1) is 10.3. The van der Waals surface area contributed by atoms with Crippen LogP contribution in [0.3, 0.4) is 0 Å². The normalized spacial score (nSPS) is 19.0. The van der Waals surface area contributed by atoms with E-state index in [4.69, 9.17) is 10.3 Å². The van der Waals surface area contributed by atoms with Gasteiger partial charge in [-0.3, -0.25) is 0 Å². The van der Waals surface area contributed by atoms with Crippen LogP contribution >= 0.6 is 0 Å². The molecule has 0 spiro atoms. The van der Waals surface area contributed by atoms with Crippen LogP contribution in [0.25, 0.3) is 0 Å². The Bertz CT molecular complexity index is 550. The van der Waals surface area contributed by atoms with Gasteiger partial charge in [0.05, 0.1) is 5.69 Å². The Balaban J connectivity index is 1.91. The Labute approximate surface area is 98.4 Å². The zero-order valence-corrected chi connectivity index (χ0v) is 9.32. The van der Waals surface area contributed by atoms with E-state index in [0.29, 0.717) is 11.8 Å². The molecule has 3 rings (SSSR count). The number of nitrogens with two attached hydrogens (primary N) is 1. The second-order valence-corrected chi connectivity index (χ2v) is 4.47. The molecule has 0 bridgehead atoms. The van der Waals surface area contributed by atoms with E-state index in [0.717, 1.165) is 36.1 Å². The van der Waals surface area contributed by atoms with Crippen LogP contribution < -0.4 is 5.73 Å². The number of nitrogens with zero attached hydrogens (tertiary/aromatic N) is 1. The number of fused-ring (bicyclic) bond motifs is 1. The van der Waals surface area contributed by atoms with Crippen LogP contribution in [0.5, 0.6) is 0 Å². The number of aromatic nitrogens is 1. The standard InChI is InChI=1S/C13H13FN2O/c14-10-3-1-2-8(6-10)9-4-5-12-11(7-9)13(15)17-16-12/h1-3,6,9H,4-5,7,15H2. The number of anilines is 1. The molecular weight excluding hydrogens is 219 g/mol. The fourth-order valence-electron chi connectivity index (χ4n) is 2.48. The molecule has 0 radical (unpaired) electrons. The number of hydrogen-bond acceptors (Lipinski definition) is 3. The van der Waals surface area contributed by atoms with Gasteiger partial charge in [-0.1, -0.05) is 17.3 Å². The number of hydrogen-bond donors (Lipinski definition) is 1. The quantitative estimate of drug-likeness (QED) is 0.822. The van der Waals surface area contributed by atoms with Crippen LogP contribution in [-0.4, -0.2) is 5.16 Å². The minimum Gasteiger partial charge on any atom is -0.367 e. The number of benzene rings is 1. The lowest BCUT2D eigenvalue weighted by Crippen LogP contribution is -2.13. The van der Waals surface area contributed by atoms with Crippen LogP contribution in [0.15, 0.2) is 28.8 Å². The maximum absolute atomic E-state index is 13.2. The van der Waals surface area contributed by atoms with Gasteiger partial charge in [0.25, 0.3) is 0 Å². The fraction of sp³-hybridized carbons (Fsp3) is 0.308. The number of halogens is 1. The molecular formula is C13H13FN2O. The van der Waals surface area contributed by atoms with E-state index in [2.05, 4.69) is 5.16 Å². The van der Waals surface area contributed by atoms with Crippen molar-refractivity contribution in [3.63, 3.8) is 0 Å². The number of rotatable bonds is 1. The van der Waals surface area contributed by atoms with E-state index in [1.807, 2.05) is 6.07 Å². The van der Waals surface area contributed by atoms with Crippen molar-refractivity contribution < 1.29 is 8.91 Å². The molecule has 88 valence electrons. The van der Waals surface area contributed by atoms with E-state index < -0.39 is 0 Å². The highest BCUT2D eigenvalue weighted by molar-refractivity contribution is 5.42. The van der Waals surface area contributed by atoms with Gasteiger partial charge in [-0.15, -0.1) is 0 Å². The maximum Gasteiger partial charge on any atom is 0.225 e. The molecule has 1 aliphatic rings. The van der Waals surface area contributed by atoms with Crippen molar-refractivity contribution in [2.24, 2.45) is 0 Å². The molecule has 1 aliphatic carbocycles. The van der Waals surface area contributed by atoms with Gasteiger partial charge in [0, 0.05) is 5.56 Å². The summed E-state index contributed by atoms with van der Waals surface area (Å²) in [6, 6.07) is 6.77. The van der Waals surface area contributed by atoms with Crippen LogP contribution in [0.4, 0.5) is 10.3 Å². The van der Waals surface area contributed by atoms with Gasteiger partial charge in [0.2, 0.25) is 5.88 Å². The summed E-state index contributed by atoms with van der Waals surface area (Å²) in [5.74, 6) is 0.521. The lowest BCUT2D eigenvalue weighted by Gasteiger charge is -2.21. The lowest BCUT2D eigenvalue weighted by molar-refractivity contribution is 0.426. The molecule has 17 heavy (non-hydrogen) atoms. The van der Waals surface area contributed by atoms with Crippen molar-refractivity contribution in [2.45, 2.75) is 25.2 Å². The predicted octanol–water partition coefficient (Wildman–Crippen LogP) is 2.67. The first-order valence-corrected chi connectivity index (χ1v) is 5.72. The summed E-state index contributed by atoms with van der Waals surface area (Å²) in [6.07, 6.45) is 2.59. The van der Waals surface area contributed by atoms with Crippen LogP contribution in [-0.2, 0) is 12.8 Å². The summed E-state index contributed by atoms with van der Waals surface area (Å²) in [7, 11) is 0. The van der Waals surface area contributed by atoms with E-state index >= 15 is 0 Å². The molecule has 0 fully saturated rings. The smallest absolute Gasteiger partial charge is 0.225 e. The van der Waals surface area contributed by atoms with E-state index in [1.165, 1.54) is 6.07 Å². The molecule has 1 unspecified atom stereocenters. The summed E-state index contributed by atoms with van der Waals surface area (Å²) in [5.41, 5.74) is 8.70. The van der Waals surface area contributed by atoms with Gasteiger partial charge in [0.15, 0.2) is 0 Å². The average molecular weight is 232 g/mol. The third-order valence-electron chi connectivity index (χ3n) is 3.40. The highest BCUT2D eigenvalue weighted by Crippen LogP contribution is 2.34. The highest BCUT2D eigenvalue weighted by Gasteiger charge is 2.25. The molecule has 2 aromatic rings. The molecule has 1 aromatic carbocycles. The van der Waals surface area contributed by atoms with Crippen LogP contribution in [0, 0.1) is 5.82 Å². The molecule has 4 heteroatoms. The fourth-order valence-corrected chi connectivity index (χ4v) is 2.48. The van der Waals surface area contributed by atoms with E-state index in [9.17, 15) is 4.39 Å². The lowest BCUT2D eigenvalue weighted by atomic mass is 9.83.